The molecule has 1 saturated heterocycles. The number of nitrogens with two attached hydrogens (primary N) is 1. The Morgan fingerprint density at radius 1 is 1.50 bits per heavy atom. The molecule has 0 aromatic rings. The van der Waals surface area contributed by atoms with Crippen molar-refractivity contribution >= 4 is 0 Å². The molecule has 3 N–H and O–H groups in total. The van der Waals surface area contributed by atoms with Gasteiger partial charge in [-0.2, -0.15) is 0 Å². The predicted molar refractivity (Wildman–Crippen MR) is 59.2 cm³/mol. The van der Waals surface area contributed by atoms with Crippen LogP contribution in [0.4, 0.5) is 0 Å². The summed E-state index contributed by atoms with van der Waals surface area (Å²) in [5, 5.41) is 3.56. The molecule has 0 amide bonds. The van der Waals surface area contributed by atoms with Crippen molar-refractivity contribution in [1.29, 1.82) is 0 Å². The zero-order chi connectivity index (χ0) is 9.97. The van der Waals surface area contributed by atoms with Crippen LogP contribution in [0.2, 0.25) is 0 Å². The molecule has 0 radical (unpaired) electrons. The summed E-state index contributed by atoms with van der Waals surface area (Å²) in [7, 11) is 2.20. The van der Waals surface area contributed by atoms with E-state index in [0.29, 0.717) is 12.1 Å². The Balaban J connectivity index is 1.72. The molecular weight excluding hydrogens is 174 g/mol. The van der Waals surface area contributed by atoms with E-state index in [9.17, 15) is 0 Å². The molecule has 2 aliphatic rings. The predicted octanol–water partition coefficient (Wildman–Crippen LogP) is 0.407. The molecule has 3 heteroatoms. The van der Waals surface area contributed by atoms with Crippen molar-refractivity contribution in [3.8, 4) is 0 Å². The maximum Gasteiger partial charge on any atom is 0.0210 e. The molecule has 3 nitrogen and oxygen atoms in total. The Morgan fingerprint density at radius 2 is 2.29 bits per heavy atom. The minimum Gasteiger partial charge on any atom is -0.327 e. The van der Waals surface area contributed by atoms with E-state index in [1.807, 2.05) is 0 Å². The SMILES string of the molecule is CN1CCNC(CC(N)C2CCC2)C1. The van der Waals surface area contributed by atoms with Gasteiger partial charge in [0.05, 0.1) is 0 Å². The summed E-state index contributed by atoms with van der Waals surface area (Å²) >= 11 is 0. The molecule has 2 unspecified atom stereocenters. The molecule has 0 bridgehead atoms. The Morgan fingerprint density at radius 3 is 2.86 bits per heavy atom. The largest absolute Gasteiger partial charge is 0.327 e. The molecule has 2 fully saturated rings. The first-order chi connectivity index (χ1) is 6.75. The molecule has 0 aromatic carbocycles. The van der Waals surface area contributed by atoms with E-state index in [1.165, 1.54) is 32.4 Å². The molecule has 0 spiro atoms. The summed E-state index contributed by atoms with van der Waals surface area (Å²) in [6.07, 6.45) is 5.29. The van der Waals surface area contributed by atoms with Crippen LogP contribution in [-0.4, -0.2) is 43.7 Å². The van der Waals surface area contributed by atoms with Crippen molar-refractivity contribution in [2.75, 3.05) is 26.7 Å². The Bertz CT molecular complexity index is 179. The van der Waals surface area contributed by atoms with Crippen molar-refractivity contribution in [3.63, 3.8) is 0 Å². The second kappa shape index (κ2) is 4.60. The number of hydrogen-bond acceptors (Lipinski definition) is 3. The van der Waals surface area contributed by atoms with Gasteiger partial charge < -0.3 is 16.0 Å². The van der Waals surface area contributed by atoms with Crippen LogP contribution in [0.25, 0.3) is 0 Å². The van der Waals surface area contributed by atoms with Gasteiger partial charge in [-0.1, -0.05) is 6.42 Å². The highest BCUT2D eigenvalue weighted by atomic mass is 15.2. The number of nitrogens with one attached hydrogen (secondary N) is 1. The summed E-state index contributed by atoms with van der Waals surface area (Å²) in [5.41, 5.74) is 6.20. The third-order valence-electron chi connectivity index (χ3n) is 3.77. The lowest BCUT2D eigenvalue weighted by molar-refractivity contribution is 0.191. The molecule has 14 heavy (non-hydrogen) atoms. The minimum absolute atomic E-state index is 0.438. The van der Waals surface area contributed by atoms with E-state index in [-0.39, 0.29) is 0 Å². The lowest BCUT2D eigenvalue weighted by Gasteiger charge is -2.37. The molecular formula is C11H23N3. The smallest absolute Gasteiger partial charge is 0.0210 e. The number of hydrogen-bond donors (Lipinski definition) is 2. The summed E-state index contributed by atoms with van der Waals surface area (Å²) in [5.74, 6) is 0.823. The van der Waals surface area contributed by atoms with Crippen molar-refractivity contribution < 1.29 is 0 Å². The van der Waals surface area contributed by atoms with E-state index >= 15 is 0 Å². The van der Waals surface area contributed by atoms with Crippen LogP contribution >= 0.6 is 0 Å². The van der Waals surface area contributed by atoms with Crippen LogP contribution in [-0.2, 0) is 0 Å². The average molecular weight is 197 g/mol. The Labute approximate surface area is 87.0 Å². The third-order valence-corrected chi connectivity index (χ3v) is 3.77. The molecule has 1 aliphatic heterocycles. The second-order valence-electron chi connectivity index (χ2n) is 5.00. The standard InChI is InChI=1S/C11H23N3/c1-14-6-5-13-10(8-14)7-11(12)9-3-2-4-9/h9-11,13H,2-8,12H2,1H3. The zero-order valence-corrected chi connectivity index (χ0v) is 9.21. The molecule has 1 aliphatic carbocycles. The first kappa shape index (κ1) is 10.4. The van der Waals surface area contributed by atoms with E-state index in [4.69, 9.17) is 5.73 Å². The zero-order valence-electron chi connectivity index (χ0n) is 9.21. The van der Waals surface area contributed by atoms with E-state index < -0.39 is 0 Å². The van der Waals surface area contributed by atoms with Gasteiger partial charge in [-0.15, -0.1) is 0 Å². The average Bonchev–Trinajstić information content (AvgIpc) is 1.99. The van der Waals surface area contributed by atoms with Crippen molar-refractivity contribution in [3.05, 3.63) is 0 Å². The van der Waals surface area contributed by atoms with E-state index in [2.05, 4.69) is 17.3 Å². The van der Waals surface area contributed by atoms with Crippen LogP contribution in [0.3, 0.4) is 0 Å². The summed E-state index contributed by atoms with van der Waals surface area (Å²) in [6.45, 7) is 3.47. The second-order valence-corrected chi connectivity index (χ2v) is 5.00. The first-order valence-corrected chi connectivity index (χ1v) is 5.93. The Hall–Kier alpha value is -0.120. The van der Waals surface area contributed by atoms with Crippen LogP contribution in [0.15, 0.2) is 0 Å². The lowest BCUT2D eigenvalue weighted by atomic mass is 9.78. The summed E-state index contributed by atoms with van der Waals surface area (Å²) in [4.78, 5) is 2.40. The van der Waals surface area contributed by atoms with Gasteiger partial charge in [0, 0.05) is 31.7 Å². The van der Waals surface area contributed by atoms with Crippen molar-refractivity contribution in [2.45, 2.75) is 37.8 Å². The maximum atomic E-state index is 6.20. The lowest BCUT2D eigenvalue weighted by Crippen LogP contribution is -2.52. The van der Waals surface area contributed by atoms with E-state index in [0.717, 1.165) is 18.9 Å². The van der Waals surface area contributed by atoms with Crippen LogP contribution in [0, 0.1) is 5.92 Å². The number of nitrogens with zero attached hydrogens (tertiary/aromatic N) is 1. The van der Waals surface area contributed by atoms with Gasteiger partial charge in [-0.05, 0) is 32.2 Å². The molecule has 1 heterocycles. The highest BCUT2D eigenvalue weighted by molar-refractivity contribution is 4.86. The Kier molecular flexibility index (Phi) is 3.42. The topological polar surface area (TPSA) is 41.3 Å². The van der Waals surface area contributed by atoms with Crippen LogP contribution in [0.5, 0.6) is 0 Å². The van der Waals surface area contributed by atoms with Gasteiger partial charge in [-0.3, -0.25) is 0 Å². The van der Waals surface area contributed by atoms with Gasteiger partial charge in [0.25, 0.3) is 0 Å². The fourth-order valence-corrected chi connectivity index (χ4v) is 2.54. The molecule has 2 rings (SSSR count). The summed E-state index contributed by atoms with van der Waals surface area (Å²) in [6, 6.07) is 1.07. The number of piperazine rings is 1. The molecule has 82 valence electrons. The van der Waals surface area contributed by atoms with Gasteiger partial charge >= 0.3 is 0 Å². The van der Waals surface area contributed by atoms with Gasteiger partial charge in [0.15, 0.2) is 0 Å². The first-order valence-electron chi connectivity index (χ1n) is 5.93. The number of rotatable bonds is 3. The quantitative estimate of drug-likeness (QED) is 0.688. The van der Waals surface area contributed by atoms with Gasteiger partial charge in [0.1, 0.15) is 0 Å². The van der Waals surface area contributed by atoms with Crippen molar-refractivity contribution in [2.24, 2.45) is 11.7 Å². The van der Waals surface area contributed by atoms with Crippen molar-refractivity contribution in [1.82, 2.24) is 10.2 Å². The normalized spacial score (nSPS) is 32.6. The number of likely N-dealkylation sites (N-methyl/N-ethyl adjacent to an activating group) is 1. The van der Waals surface area contributed by atoms with Gasteiger partial charge in [-0.25, -0.2) is 0 Å². The maximum absolute atomic E-state index is 6.20. The monoisotopic (exact) mass is 197 g/mol. The molecule has 1 saturated carbocycles. The highest BCUT2D eigenvalue weighted by Crippen LogP contribution is 2.30. The molecule has 2 atom stereocenters. The fourth-order valence-electron chi connectivity index (χ4n) is 2.54. The molecule has 0 aromatic heterocycles. The van der Waals surface area contributed by atoms with Crippen LogP contribution in [0.1, 0.15) is 25.7 Å². The minimum atomic E-state index is 0.438. The highest BCUT2D eigenvalue weighted by Gasteiger charge is 2.27. The third kappa shape index (κ3) is 2.47. The van der Waals surface area contributed by atoms with Gasteiger partial charge in [0.2, 0.25) is 0 Å². The van der Waals surface area contributed by atoms with Crippen LogP contribution < -0.4 is 11.1 Å². The summed E-state index contributed by atoms with van der Waals surface area (Å²) < 4.78 is 0. The fraction of sp³-hybridized carbons (Fsp3) is 1.00. The van der Waals surface area contributed by atoms with E-state index in [1.54, 1.807) is 0 Å².